The van der Waals surface area contributed by atoms with E-state index in [0.717, 1.165) is 55.5 Å². The molecule has 0 unspecified atom stereocenters. The maximum atomic E-state index is 14.1. The normalized spacial score (nSPS) is 14.8. The van der Waals surface area contributed by atoms with E-state index >= 15 is 0 Å². The van der Waals surface area contributed by atoms with Gasteiger partial charge in [0.1, 0.15) is 18.2 Å². The van der Waals surface area contributed by atoms with E-state index in [9.17, 15) is 9.59 Å². The molecule has 39 heavy (non-hydrogen) atoms. The van der Waals surface area contributed by atoms with Crippen LogP contribution in [0.2, 0.25) is 0 Å². The first kappa shape index (κ1) is 28.1. The number of amides is 2. The number of nitrogens with zero attached hydrogens (tertiary/aromatic N) is 3. The Bertz CT molecular complexity index is 1250. The molecule has 0 fully saturated rings. The maximum absolute atomic E-state index is 14.1. The summed E-state index contributed by atoms with van der Waals surface area (Å²) in [6.45, 7) is 1.66. The van der Waals surface area contributed by atoms with E-state index in [4.69, 9.17) is 9.47 Å². The van der Waals surface area contributed by atoms with Crippen LogP contribution in [0, 0.1) is 0 Å². The molecule has 0 aliphatic carbocycles. The number of carbonyl (C=O) groups excluding carboxylic acids is 2. The minimum atomic E-state index is -0.104. The first-order valence-electron chi connectivity index (χ1n) is 13.6. The van der Waals surface area contributed by atoms with Crippen molar-refractivity contribution in [2.45, 2.75) is 45.1 Å². The van der Waals surface area contributed by atoms with E-state index in [1.165, 1.54) is 7.11 Å². The molecule has 4 rings (SSSR count). The third-order valence-electron chi connectivity index (χ3n) is 6.93. The number of ether oxygens (including phenoxy) is 2. The number of methoxy groups -OCH3 is 2. The van der Waals surface area contributed by atoms with Gasteiger partial charge in [0.2, 0.25) is 0 Å². The molecule has 8 heteroatoms. The number of hydrogen-bond acceptors (Lipinski definition) is 6. The molecule has 1 N–H and O–H groups in total. The summed E-state index contributed by atoms with van der Waals surface area (Å²) >= 11 is 0. The quantitative estimate of drug-likeness (QED) is 0.433. The van der Waals surface area contributed by atoms with Crippen molar-refractivity contribution in [1.82, 2.24) is 9.88 Å². The fourth-order valence-corrected chi connectivity index (χ4v) is 4.91. The van der Waals surface area contributed by atoms with Crippen LogP contribution >= 0.6 is 0 Å². The second kappa shape index (κ2) is 14.3. The molecular formula is C31H38N4O4. The summed E-state index contributed by atoms with van der Waals surface area (Å²) in [5.41, 5.74) is 3.04. The Morgan fingerprint density at radius 3 is 2.46 bits per heavy atom. The Kier molecular flexibility index (Phi) is 10.3. The first-order chi connectivity index (χ1) is 19.1. The van der Waals surface area contributed by atoms with Gasteiger partial charge in [-0.05, 0) is 48.7 Å². The molecule has 0 radical (unpaired) electrons. The van der Waals surface area contributed by atoms with Gasteiger partial charge in [-0.3, -0.25) is 9.59 Å². The third-order valence-corrected chi connectivity index (χ3v) is 6.93. The molecule has 2 heterocycles. The molecule has 2 aromatic carbocycles. The molecular weight excluding hydrogens is 492 g/mol. The zero-order chi connectivity index (χ0) is 27.5. The number of benzene rings is 2. The number of aromatic nitrogens is 1. The smallest absolute Gasteiger partial charge is 0.257 e. The standard InChI is InChI=1S/C31H38N4O4/c1-38-23-29(36)35-20-10-6-4-3-5-9-19-34(22-24-13-7-8-17-28(24)35)31(37)27-16-12-18-32-30(27)33-25-14-11-15-26(21-25)39-2/h7-8,11-18,21H,3-6,9-10,19-20,22-23H2,1-2H3,(H,32,33). The molecule has 0 atom stereocenters. The molecule has 1 aliphatic rings. The molecule has 0 saturated heterocycles. The van der Waals surface area contributed by atoms with Gasteiger partial charge >= 0.3 is 0 Å². The topological polar surface area (TPSA) is 84.0 Å². The number of anilines is 3. The summed E-state index contributed by atoms with van der Waals surface area (Å²) in [7, 11) is 3.16. The highest BCUT2D eigenvalue weighted by Crippen LogP contribution is 2.27. The summed E-state index contributed by atoms with van der Waals surface area (Å²) in [6, 6.07) is 19.0. The Hall–Kier alpha value is -3.91. The van der Waals surface area contributed by atoms with E-state index in [2.05, 4.69) is 10.3 Å². The fraction of sp³-hybridized carbons (Fsp3) is 0.387. The SMILES string of the molecule is COCC(=O)N1CCCCCCCCN(C(=O)c2cccnc2Nc2cccc(OC)c2)Cc2ccccc21. The van der Waals surface area contributed by atoms with Crippen LogP contribution in [-0.4, -0.2) is 55.6 Å². The van der Waals surface area contributed by atoms with Crippen LogP contribution in [0.1, 0.15) is 54.4 Å². The summed E-state index contributed by atoms with van der Waals surface area (Å²) < 4.78 is 10.5. The van der Waals surface area contributed by atoms with Crippen molar-refractivity contribution in [3.8, 4) is 5.75 Å². The van der Waals surface area contributed by atoms with Crippen molar-refractivity contribution in [2.24, 2.45) is 0 Å². The van der Waals surface area contributed by atoms with E-state index < -0.39 is 0 Å². The van der Waals surface area contributed by atoms with Crippen LogP contribution in [0.25, 0.3) is 0 Å². The minimum absolute atomic E-state index is 0.0198. The van der Waals surface area contributed by atoms with Crippen LogP contribution in [0.4, 0.5) is 17.2 Å². The molecule has 1 aliphatic heterocycles. The number of hydrogen-bond donors (Lipinski definition) is 1. The van der Waals surface area contributed by atoms with Crippen LogP contribution in [-0.2, 0) is 16.1 Å². The van der Waals surface area contributed by atoms with Gasteiger partial charge in [-0.2, -0.15) is 0 Å². The predicted molar refractivity (Wildman–Crippen MR) is 154 cm³/mol. The molecule has 8 nitrogen and oxygen atoms in total. The van der Waals surface area contributed by atoms with Crippen molar-refractivity contribution in [3.05, 3.63) is 78.0 Å². The van der Waals surface area contributed by atoms with Gasteiger partial charge in [0, 0.05) is 50.4 Å². The molecule has 1 aromatic heterocycles. The number of nitrogens with one attached hydrogen (secondary N) is 1. The van der Waals surface area contributed by atoms with Crippen LogP contribution in [0.3, 0.4) is 0 Å². The van der Waals surface area contributed by atoms with Crippen LogP contribution in [0.5, 0.6) is 5.75 Å². The zero-order valence-corrected chi connectivity index (χ0v) is 22.9. The molecule has 206 valence electrons. The molecule has 2 amide bonds. The Labute approximate surface area is 230 Å². The Morgan fingerprint density at radius 2 is 1.67 bits per heavy atom. The number of para-hydroxylation sites is 1. The highest BCUT2D eigenvalue weighted by atomic mass is 16.5. The lowest BCUT2D eigenvalue weighted by atomic mass is 10.1. The predicted octanol–water partition coefficient (Wildman–Crippen LogP) is 5.81. The summed E-state index contributed by atoms with van der Waals surface area (Å²) in [4.78, 5) is 35.3. The van der Waals surface area contributed by atoms with Gasteiger partial charge in [0.15, 0.2) is 0 Å². The number of carbonyl (C=O) groups is 2. The van der Waals surface area contributed by atoms with Crippen LogP contribution in [0.15, 0.2) is 66.9 Å². The van der Waals surface area contributed by atoms with E-state index in [1.807, 2.05) is 58.3 Å². The van der Waals surface area contributed by atoms with Crippen LogP contribution < -0.4 is 15.0 Å². The summed E-state index contributed by atoms with van der Waals surface area (Å²) in [6.07, 6.45) is 7.86. The number of pyridine rings is 1. The minimum Gasteiger partial charge on any atom is -0.497 e. The van der Waals surface area contributed by atoms with Gasteiger partial charge in [-0.15, -0.1) is 0 Å². The third kappa shape index (κ3) is 7.57. The molecule has 0 bridgehead atoms. The van der Waals surface area contributed by atoms with Crippen molar-refractivity contribution < 1.29 is 19.1 Å². The highest BCUT2D eigenvalue weighted by molar-refractivity contribution is 5.99. The van der Waals surface area contributed by atoms with Crippen molar-refractivity contribution >= 4 is 29.0 Å². The Morgan fingerprint density at radius 1 is 0.897 bits per heavy atom. The highest BCUT2D eigenvalue weighted by Gasteiger charge is 2.24. The van der Waals surface area contributed by atoms with Gasteiger partial charge in [0.05, 0.1) is 12.7 Å². The van der Waals surface area contributed by atoms with E-state index in [1.54, 1.807) is 25.4 Å². The lowest BCUT2D eigenvalue weighted by Crippen LogP contribution is -2.37. The number of rotatable bonds is 6. The van der Waals surface area contributed by atoms with Gasteiger partial charge in [-0.25, -0.2) is 4.98 Å². The summed E-state index contributed by atoms with van der Waals surface area (Å²) in [5.74, 6) is 1.03. The summed E-state index contributed by atoms with van der Waals surface area (Å²) in [5, 5.41) is 3.29. The van der Waals surface area contributed by atoms with Gasteiger partial charge < -0.3 is 24.6 Å². The van der Waals surface area contributed by atoms with E-state index in [-0.39, 0.29) is 18.4 Å². The van der Waals surface area contributed by atoms with Gasteiger partial charge in [0.25, 0.3) is 11.8 Å². The lowest BCUT2D eigenvalue weighted by molar-refractivity contribution is -0.122. The average Bonchev–Trinajstić information content (AvgIpc) is 2.98. The van der Waals surface area contributed by atoms with E-state index in [0.29, 0.717) is 36.8 Å². The lowest BCUT2D eigenvalue weighted by Gasteiger charge is -2.28. The first-order valence-corrected chi connectivity index (χ1v) is 13.6. The second-order valence-electron chi connectivity index (χ2n) is 9.71. The van der Waals surface area contributed by atoms with Crippen molar-refractivity contribution in [3.63, 3.8) is 0 Å². The maximum Gasteiger partial charge on any atom is 0.257 e. The van der Waals surface area contributed by atoms with Crippen molar-refractivity contribution in [1.29, 1.82) is 0 Å². The number of fused-ring (bicyclic) bond motifs is 1. The monoisotopic (exact) mass is 530 g/mol. The zero-order valence-electron chi connectivity index (χ0n) is 22.9. The molecule has 0 saturated carbocycles. The fourth-order valence-electron chi connectivity index (χ4n) is 4.91. The van der Waals surface area contributed by atoms with Crippen molar-refractivity contribution in [2.75, 3.05) is 44.1 Å². The second-order valence-corrected chi connectivity index (χ2v) is 9.71. The Balaban J connectivity index is 1.66. The molecule has 3 aromatic rings. The van der Waals surface area contributed by atoms with Gasteiger partial charge in [-0.1, -0.05) is 49.9 Å². The molecule has 0 spiro atoms. The average molecular weight is 531 g/mol. The largest absolute Gasteiger partial charge is 0.497 e.